The van der Waals surface area contributed by atoms with Gasteiger partial charge >= 0.3 is 5.97 Å². The van der Waals surface area contributed by atoms with Gasteiger partial charge in [0.15, 0.2) is 0 Å². The average Bonchev–Trinajstić information content (AvgIpc) is 2.47. The predicted octanol–water partition coefficient (Wildman–Crippen LogP) is 3.89. The lowest BCUT2D eigenvalue weighted by atomic mass is 10.1. The monoisotopic (exact) mass is 288 g/mol. The first-order valence-corrected chi connectivity index (χ1v) is 7.13. The summed E-state index contributed by atoms with van der Waals surface area (Å²) in [6, 6.07) is 12.9. The van der Waals surface area contributed by atoms with Crippen molar-refractivity contribution in [3.05, 3.63) is 53.6 Å². The highest BCUT2D eigenvalue weighted by atomic mass is 32.2. The number of carbonyl (C=O) groups excluding carboxylic acids is 1. The Kier molecular flexibility index (Phi) is 4.69. The summed E-state index contributed by atoms with van der Waals surface area (Å²) < 4.78 is 4.66. The van der Waals surface area contributed by atoms with Gasteiger partial charge in [0.05, 0.1) is 12.7 Å². The molecule has 2 rings (SSSR count). The molecule has 1 N–H and O–H groups in total. The van der Waals surface area contributed by atoms with Gasteiger partial charge in [-0.3, -0.25) is 0 Å². The molecular formula is C16H16O3S. The van der Waals surface area contributed by atoms with Gasteiger partial charge in [-0.05, 0) is 48.4 Å². The molecule has 3 nitrogen and oxygen atoms in total. The van der Waals surface area contributed by atoms with E-state index < -0.39 is 0 Å². The fourth-order valence-electron chi connectivity index (χ4n) is 1.82. The van der Waals surface area contributed by atoms with Crippen molar-refractivity contribution in [3.8, 4) is 5.75 Å². The minimum Gasteiger partial charge on any atom is -0.508 e. The highest BCUT2D eigenvalue weighted by Crippen LogP contribution is 2.31. The Hall–Kier alpha value is -1.94. The van der Waals surface area contributed by atoms with Crippen LogP contribution in [0.3, 0.4) is 0 Å². The zero-order valence-electron chi connectivity index (χ0n) is 11.4. The Bertz CT molecular complexity index is 606. The molecule has 20 heavy (non-hydrogen) atoms. The minimum atomic E-state index is -0.341. The van der Waals surface area contributed by atoms with E-state index in [0.29, 0.717) is 11.3 Å². The zero-order valence-corrected chi connectivity index (χ0v) is 12.2. The maximum Gasteiger partial charge on any atom is 0.337 e. The number of hydrogen-bond donors (Lipinski definition) is 1. The topological polar surface area (TPSA) is 46.5 Å². The molecular weight excluding hydrogens is 272 g/mol. The molecule has 4 heteroatoms. The van der Waals surface area contributed by atoms with Gasteiger partial charge in [-0.2, -0.15) is 0 Å². The Morgan fingerprint density at radius 3 is 2.35 bits per heavy atom. The summed E-state index contributed by atoms with van der Waals surface area (Å²) in [5.41, 5.74) is 1.47. The number of esters is 1. The molecule has 2 aromatic carbocycles. The molecule has 104 valence electrons. The lowest BCUT2D eigenvalue weighted by Crippen LogP contribution is -2.00. The van der Waals surface area contributed by atoms with Crippen LogP contribution in [0, 0.1) is 0 Å². The number of benzene rings is 2. The Labute approximate surface area is 122 Å². The number of aryl methyl sites for hydroxylation is 1. The number of ether oxygens (including phenoxy) is 1. The van der Waals surface area contributed by atoms with Crippen LogP contribution in [0.1, 0.15) is 22.8 Å². The van der Waals surface area contributed by atoms with Crippen molar-refractivity contribution in [2.45, 2.75) is 23.1 Å². The second-order valence-electron chi connectivity index (χ2n) is 4.26. The van der Waals surface area contributed by atoms with E-state index in [4.69, 9.17) is 0 Å². The largest absolute Gasteiger partial charge is 0.508 e. The number of aromatic hydroxyl groups is 1. The minimum absolute atomic E-state index is 0.323. The van der Waals surface area contributed by atoms with Crippen LogP contribution in [0.25, 0.3) is 0 Å². The van der Waals surface area contributed by atoms with Gasteiger partial charge in [0.1, 0.15) is 5.75 Å². The predicted molar refractivity (Wildman–Crippen MR) is 79.4 cm³/mol. The van der Waals surface area contributed by atoms with Crippen LogP contribution in [0.15, 0.2) is 52.3 Å². The van der Waals surface area contributed by atoms with Crippen LogP contribution in [0.4, 0.5) is 0 Å². The van der Waals surface area contributed by atoms with Gasteiger partial charge in [0.2, 0.25) is 0 Å². The van der Waals surface area contributed by atoms with E-state index in [0.717, 1.165) is 21.8 Å². The molecule has 0 aliphatic rings. The van der Waals surface area contributed by atoms with Crippen molar-refractivity contribution < 1.29 is 14.6 Å². The van der Waals surface area contributed by atoms with E-state index in [-0.39, 0.29) is 5.97 Å². The number of carbonyl (C=O) groups is 1. The van der Waals surface area contributed by atoms with Gasteiger partial charge in [-0.25, -0.2) is 4.79 Å². The van der Waals surface area contributed by atoms with Gasteiger partial charge in [-0.1, -0.05) is 24.8 Å². The van der Waals surface area contributed by atoms with Crippen molar-refractivity contribution in [1.82, 2.24) is 0 Å². The highest BCUT2D eigenvalue weighted by molar-refractivity contribution is 7.99. The van der Waals surface area contributed by atoms with E-state index in [2.05, 4.69) is 4.74 Å². The molecule has 0 aliphatic carbocycles. The third-order valence-corrected chi connectivity index (χ3v) is 3.95. The summed E-state index contributed by atoms with van der Waals surface area (Å²) in [5.74, 6) is -0.0184. The molecule has 0 aliphatic heterocycles. The van der Waals surface area contributed by atoms with Crippen molar-refractivity contribution in [2.75, 3.05) is 7.11 Å². The molecule has 0 radical (unpaired) electrons. The molecule has 0 fully saturated rings. The number of hydrogen-bond acceptors (Lipinski definition) is 4. The first-order valence-electron chi connectivity index (χ1n) is 6.32. The molecule has 0 saturated heterocycles. The first-order chi connectivity index (χ1) is 9.63. The average molecular weight is 288 g/mol. The van der Waals surface area contributed by atoms with E-state index >= 15 is 0 Å². The number of methoxy groups -OCH3 is 1. The van der Waals surface area contributed by atoms with Crippen LogP contribution in [0.2, 0.25) is 0 Å². The van der Waals surface area contributed by atoms with Crippen molar-refractivity contribution in [3.63, 3.8) is 0 Å². The summed E-state index contributed by atoms with van der Waals surface area (Å²) in [4.78, 5) is 13.3. The van der Waals surface area contributed by atoms with Crippen molar-refractivity contribution in [2.24, 2.45) is 0 Å². The normalized spacial score (nSPS) is 10.3. The summed E-state index contributed by atoms with van der Waals surface area (Å²) in [7, 11) is 1.36. The van der Waals surface area contributed by atoms with Crippen LogP contribution in [-0.4, -0.2) is 18.2 Å². The molecule has 0 aromatic heterocycles. The summed E-state index contributed by atoms with van der Waals surface area (Å²) in [5, 5.41) is 9.84. The number of phenols is 1. The maximum absolute atomic E-state index is 11.3. The quantitative estimate of drug-likeness (QED) is 0.867. The maximum atomic E-state index is 11.3. The van der Waals surface area contributed by atoms with Crippen LogP contribution in [0.5, 0.6) is 5.75 Å². The zero-order chi connectivity index (χ0) is 14.5. The number of phenolic OH excluding ortho intramolecular Hbond substituents is 1. The van der Waals surface area contributed by atoms with Crippen LogP contribution < -0.4 is 0 Å². The summed E-state index contributed by atoms with van der Waals surface area (Å²) in [6.45, 7) is 2.01. The van der Waals surface area contributed by atoms with E-state index in [1.54, 1.807) is 18.2 Å². The third-order valence-electron chi connectivity index (χ3n) is 2.95. The molecule has 0 spiro atoms. The lowest BCUT2D eigenvalue weighted by molar-refractivity contribution is 0.0600. The van der Waals surface area contributed by atoms with Gasteiger partial charge < -0.3 is 9.84 Å². The number of rotatable bonds is 4. The van der Waals surface area contributed by atoms with Crippen molar-refractivity contribution >= 4 is 17.7 Å². The molecule has 0 atom stereocenters. The highest BCUT2D eigenvalue weighted by Gasteiger charge is 2.06. The molecule has 0 heterocycles. The van der Waals surface area contributed by atoms with Gasteiger partial charge in [-0.15, -0.1) is 0 Å². The second kappa shape index (κ2) is 6.48. The standard InChI is InChI=1S/C16H16O3S/c1-3-11-4-9-14(10-15(11)17)20-13-7-5-12(6-8-13)16(18)19-2/h4-10,17H,3H2,1-2H3. The molecule has 2 aromatic rings. The fraction of sp³-hybridized carbons (Fsp3) is 0.188. The van der Waals surface area contributed by atoms with E-state index in [1.165, 1.54) is 18.9 Å². The first kappa shape index (κ1) is 14.5. The Morgan fingerprint density at radius 2 is 1.80 bits per heavy atom. The van der Waals surface area contributed by atoms with E-state index in [9.17, 15) is 9.90 Å². The van der Waals surface area contributed by atoms with Gasteiger partial charge in [0, 0.05) is 9.79 Å². The van der Waals surface area contributed by atoms with E-state index in [1.807, 2.05) is 31.2 Å². The molecule has 0 saturated carbocycles. The molecule has 0 bridgehead atoms. The Morgan fingerprint density at radius 1 is 1.15 bits per heavy atom. The fourth-order valence-corrected chi connectivity index (χ4v) is 2.67. The smallest absolute Gasteiger partial charge is 0.337 e. The molecule has 0 unspecified atom stereocenters. The lowest BCUT2D eigenvalue weighted by Gasteiger charge is -2.06. The third kappa shape index (κ3) is 3.33. The summed E-state index contributed by atoms with van der Waals surface area (Å²) in [6.07, 6.45) is 0.810. The summed E-state index contributed by atoms with van der Waals surface area (Å²) >= 11 is 1.54. The van der Waals surface area contributed by atoms with Crippen LogP contribution in [-0.2, 0) is 11.2 Å². The van der Waals surface area contributed by atoms with Gasteiger partial charge in [0.25, 0.3) is 0 Å². The Balaban J connectivity index is 2.14. The second-order valence-corrected chi connectivity index (χ2v) is 5.41. The van der Waals surface area contributed by atoms with Crippen molar-refractivity contribution in [1.29, 1.82) is 0 Å². The van der Waals surface area contributed by atoms with Crippen LogP contribution >= 0.6 is 11.8 Å². The SMILES string of the molecule is CCc1ccc(Sc2ccc(C(=O)OC)cc2)cc1O. The molecule has 0 amide bonds.